The van der Waals surface area contributed by atoms with Crippen molar-refractivity contribution in [3.63, 3.8) is 0 Å². The number of carbonyl (C=O) groups is 1. The number of rotatable bonds is 7. The van der Waals surface area contributed by atoms with Gasteiger partial charge in [0.15, 0.2) is 5.11 Å². The first-order chi connectivity index (χ1) is 14.5. The van der Waals surface area contributed by atoms with Crippen molar-refractivity contribution in [3.8, 4) is 0 Å². The van der Waals surface area contributed by atoms with E-state index in [0.717, 1.165) is 21.9 Å². The Morgan fingerprint density at radius 3 is 2.13 bits per heavy atom. The number of anilines is 1. The highest BCUT2D eigenvalue weighted by molar-refractivity contribution is 7.80. The Labute approximate surface area is 187 Å². The van der Waals surface area contributed by atoms with E-state index in [2.05, 4.69) is 59.2 Å². The lowest BCUT2D eigenvalue weighted by Crippen LogP contribution is -2.30. The monoisotopic (exact) mass is 438 g/mol. The summed E-state index contributed by atoms with van der Waals surface area (Å²) in [6.45, 7) is 4.61. The molecule has 4 nitrogen and oxygen atoms in total. The van der Waals surface area contributed by atoms with Crippen LogP contribution in [0, 0.1) is 13.8 Å². The summed E-state index contributed by atoms with van der Waals surface area (Å²) in [5.41, 5.74) is 4.03. The van der Waals surface area contributed by atoms with Crippen molar-refractivity contribution in [3.05, 3.63) is 87.8 Å². The average molecular weight is 439 g/mol. The van der Waals surface area contributed by atoms with Gasteiger partial charge in [-0.15, -0.1) is 11.3 Å². The number of benzene rings is 2. The molecule has 2 aromatic carbocycles. The Balaban J connectivity index is 1.66. The maximum absolute atomic E-state index is 12.1. The molecule has 0 aliphatic rings. The van der Waals surface area contributed by atoms with Gasteiger partial charge in [0.1, 0.15) is 5.00 Å². The van der Waals surface area contributed by atoms with E-state index in [1.165, 1.54) is 29.6 Å². The number of thiophene rings is 1. The number of nitrogens with one attached hydrogen (secondary N) is 2. The Bertz CT molecular complexity index is 961. The molecule has 1 aromatic heterocycles. The highest BCUT2D eigenvalue weighted by atomic mass is 32.1. The molecular weight excluding hydrogens is 412 g/mol. The highest BCUT2D eigenvalue weighted by Gasteiger charge is 2.21. The Kier molecular flexibility index (Phi) is 7.60. The average Bonchev–Trinajstić information content (AvgIpc) is 3.04. The number of carbonyl (C=O) groups excluding carboxylic acids is 1. The SMILES string of the molecule is COC(=O)c1c(NC(=S)NCCC(c2ccccc2)c2ccccc2)sc(C)c1C. The maximum Gasteiger partial charge on any atom is 0.341 e. The zero-order valence-electron chi connectivity index (χ0n) is 17.4. The summed E-state index contributed by atoms with van der Waals surface area (Å²) in [6, 6.07) is 21.0. The Morgan fingerprint density at radius 2 is 1.60 bits per heavy atom. The molecule has 0 unspecified atom stereocenters. The van der Waals surface area contributed by atoms with Crippen molar-refractivity contribution in [1.82, 2.24) is 5.32 Å². The molecule has 0 atom stereocenters. The largest absolute Gasteiger partial charge is 0.465 e. The molecule has 0 bridgehead atoms. The van der Waals surface area contributed by atoms with Crippen molar-refractivity contribution in [2.45, 2.75) is 26.2 Å². The molecule has 156 valence electrons. The van der Waals surface area contributed by atoms with Crippen LogP contribution >= 0.6 is 23.6 Å². The van der Waals surface area contributed by atoms with Crippen LogP contribution in [-0.4, -0.2) is 24.7 Å². The molecule has 1 heterocycles. The fourth-order valence-corrected chi connectivity index (χ4v) is 4.76. The first kappa shape index (κ1) is 22.0. The van der Waals surface area contributed by atoms with Crippen LogP contribution in [0.2, 0.25) is 0 Å². The zero-order chi connectivity index (χ0) is 21.5. The van der Waals surface area contributed by atoms with E-state index >= 15 is 0 Å². The third-order valence-electron chi connectivity index (χ3n) is 5.12. The number of methoxy groups -OCH3 is 1. The van der Waals surface area contributed by atoms with Gasteiger partial charge in [0.05, 0.1) is 12.7 Å². The molecule has 0 saturated heterocycles. The van der Waals surface area contributed by atoms with Gasteiger partial charge in [-0.05, 0) is 49.2 Å². The van der Waals surface area contributed by atoms with E-state index in [9.17, 15) is 4.79 Å². The van der Waals surface area contributed by atoms with Gasteiger partial charge in [-0.25, -0.2) is 4.79 Å². The van der Waals surface area contributed by atoms with Gasteiger partial charge in [-0.1, -0.05) is 60.7 Å². The minimum absolute atomic E-state index is 0.277. The third-order valence-corrected chi connectivity index (χ3v) is 6.49. The molecule has 2 N–H and O–H groups in total. The standard InChI is InChI=1S/C24H26N2O2S2/c1-16-17(2)30-22(21(16)23(27)28-3)26-24(29)25-15-14-20(18-10-6-4-7-11-18)19-12-8-5-9-13-19/h4-13,20H,14-15H2,1-3H3,(H2,25,26,29). The van der Waals surface area contributed by atoms with Gasteiger partial charge in [0.25, 0.3) is 0 Å². The number of hydrogen-bond donors (Lipinski definition) is 2. The highest BCUT2D eigenvalue weighted by Crippen LogP contribution is 2.33. The number of hydrogen-bond acceptors (Lipinski definition) is 4. The molecule has 0 amide bonds. The van der Waals surface area contributed by atoms with Crippen molar-refractivity contribution >= 4 is 39.6 Å². The lowest BCUT2D eigenvalue weighted by atomic mass is 9.88. The first-order valence-corrected chi connectivity index (χ1v) is 11.1. The minimum atomic E-state index is -0.352. The Hall–Kier alpha value is -2.70. The lowest BCUT2D eigenvalue weighted by molar-refractivity contribution is 0.0601. The second kappa shape index (κ2) is 10.4. The molecule has 30 heavy (non-hydrogen) atoms. The van der Waals surface area contributed by atoms with E-state index in [1.807, 2.05) is 26.0 Å². The number of esters is 1. The van der Waals surface area contributed by atoms with E-state index in [0.29, 0.717) is 17.2 Å². The minimum Gasteiger partial charge on any atom is -0.465 e. The van der Waals surface area contributed by atoms with Crippen LogP contribution in [-0.2, 0) is 4.74 Å². The summed E-state index contributed by atoms with van der Waals surface area (Å²) in [4.78, 5) is 13.2. The molecule has 3 rings (SSSR count). The molecule has 0 saturated carbocycles. The predicted octanol–water partition coefficient (Wildman–Crippen LogP) is 5.66. The van der Waals surface area contributed by atoms with Gasteiger partial charge in [-0.2, -0.15) is 0 Å². The van der Waals surface area contributed by atoms with Crippen LogP contribution < -0.4 is 10.6 Å². The number of ether oxygens (including phenoxy) is 1. The van der Waals surface area contributed by atoms with E-state index in [4.69, 9.17) is 17.0 Å². The number of aryl methyl sites for hydroxylation is 1. The molecule has 6 heteroatoms. The van der Waals surface area contributed by atoms with Crippen molar-refractivity contribution in [2.75, 3.05) is 19.0 Å². The van der Waals surface area contributed by atoms with Crippen LogP contribution in [0.15, 0.2) is 60.7 Å². The van der Waals surface area contributed by atoms with Gasteiger partial charge in [0.2, 0.25) is 0 Å². The summed E-state index contributed by atoms with van der Waals surface area (Å²) in [7, 11) is 1.39. The summed E-state index contributed by atoms with van der Waals surface area (Å²) >= 11 is 7.00. The smallest absolute Gasteiger partial charge is 0.341 e. The van der Waals surface area contributed by atoms with Crippen molar-refractivity contribution in [1.29, 1.82) is 0 Å². The van der Waals surface area contributed by atoms with Crippen molar-refractivity contribution < 1.29 is 9.53 Å². The van der Waals surface area contributed by atoms with E-state index in [-0.39, 0.29) is 11.9 Å². The number of thiocarbonyl (C=S) groups is 1. The van der Waals surface area contributed by atoms with Gasteiger partial charge in [0, 0.05) is 17.3 Å². The summed E-state index contributed by atoms with van der Waals surface area (Å²) in [5, 5.41) is 7.69. The van der Waals surface area contributed by atoms with Crippen LogP contribution in [0.1, 0.15) is 44.3 Å². The summed E-state index contributed by atoms with van der Waals surface area (Å²) < 4.78 is 4.93. The van der Waals surface area contributed by atoms with Gasteiger partial charge >= 0.3 is 5.97 Å². The van der Waals surface area contributed by atoms with Crippen molar-refractivity contribution in [2.24, 2.45) is 0 Å². The molecule has 0 radical (unpaired) electrons. The summed E-state index contributed by atoms with van der Waals surface area (Å²) in [5.74, 6) is -0.0741. The fourth-order valence-electron chi connectivity index (χ4n) is 3.44. The van der Waals surface area contributed by atoms with Gasteiger partial charge < -0.3 is 15.4 Å². The van der Waals surface area contributed by atoms with Crippen LogP contribution in [0.5, 0.6) is 0 Å². The molecule has 0 fully saturated rings. The second-order valence-electron chi connectivity index (χ2n) is 7.02. The first-order valence-electron chi connectivity index (χ1n) is 9.84. The topological polar surface area (TPSA) is 50.4 Å². The molecule has 3 aromatic rings. The summed E-state index contributed by atoms with van der Waals surface area (Å²) in [6.07, 6.45) is 0.891. The predicted molar refractivity (Wildman–Crippen MR) is 129 cm³/mol. The lowest BCUT2D eigenvalue weighted by Gasteiger charge is -2.19. The normalized spacial score (nSPS) is 10.7. The van der Waals surface area contributed by atoms with E-state index in [1.54, 1.807) is 0 Å². The fraction of sp³-hybridized carbons (Fsp3) is 0.250. The maximum atomic E-state index is 12.1. The molecule has 0 aliphatic heterocycles. The van der Waals surface area contributed by atoms with Gasteiger partial charge in [-0.3, -0.25) is 0 Å². The quantitative estimate of drug-likeness (QED) is 0.368. The van der Waals surface area contributed by atoms with Crippen LogP contribution in [0.25, 0.3) is 0 Å². The van der Waals surface area contributed by atoms with Crippen LogP contribution in [0.3, 0.4) is 0 Å². The molecule has 0 aliphatic carbocycles. The molecule has 0 spiro atoms. The third kappa shape index (κ3) is 5.26. The second-order valence-corrected chi connectivity index (χ2v) is 8.66. The van der Waals surface area contributed by atoms with E-state index < -0.39 is 0 Å². The van der Waals surface area contributed by atoms with Crippen LogP contribution in [0.4, 0.5) is 5.00 Å². The zero-order valence-corrected chi connectivity index (χ0v) is 19.0. The Morgan fingerprint density at radius 1 is 1.03 bits per heavy atom. The molecular formula is C24H26N2O2S2.